The molecule has 0 spiro atoms. The van der Waals surface area contributed by atoms with Gasteiger partial charge in [-0.3, -0.25) is 9.48 Å². The number of carboxylic acid groups (broad SMARTS) is 1. The van der Waals surface area contributed by atoms with E-state index in [1.807, 2.05) is 4.68 Å². The van der Waals surface area contributed by atoms with Crippen molar-refractivity contribution in [1.82, 2.24) is 9.78 Å². The molecule has 0 saturated heterocycles. The summed E-state index contributed by atoms with van der Waals surface area (Å²) >= 11 is 0. The molecule has 0 fully saturated rings. The predicted octanol–water partition coefficient (Wildman–Crippen LogP) is 1.20. The maximum atomic E-state index is 10.9. The van der Waals surface area contributed by atoms with E-state index in [0.29, 0.717) is 13.0 Å². The Hall–Kier alpha value is -1.36. The van der Waals surface area contributed by atoms with Crippen LogP contribution in [0.4, 0.5) is 0 Å². The van der Waals surface area contributed by atoms with Crippen LogP contribution in [0, 0.1) is 0 Å². The average molecular weight is 239 g/mol. The highest BCUT2D eigenvalue weighted by atomic mass is 16.4. The summed E-state index contributed by atoms with van der Waals surface area (Å²) in [6.07, 6.45) is 2.15. The molecule has 0 aliphatic carbocycles. The fourth-order valence-electron chi connectivity index (χ4n) is 1.61. The van der Waals surface area contributed by atoms with Gasteiger partial charge in [0.25, 0.3) is 0 Å². The van der Waals surface area contributed by atoms with Gasteiger partial charge in [0, 0.05) is 12.2 Å². The van der Waals surface area contributed by atoms with Crippen molar-refractivity contribution in [3.8, 4) is 0 Å². The van der Waals surface area contributed by atoms with Crippen molar-refractivity contribution in [2.45, 2.75) is 52.1 Å². The van der Waals surface area contributed by atoms with Crippen LogP contribution in [0.1, 0.15) is 38.6 Å². The molecule has 5 heteroatoms. The molecule has 96 valence electrons. The molecule has 0 saturated carbocycles. The fourth-order valence-corrected chi connectivity index (χ4v) is 1.61. The van der Waals surface area contributed by atoms with Crippen LogP contribution >= 0.6 is 0 Å². The van der Waals surface area contributed by atoms with Gasteiger partial charge in [-0.15, -0.1) is 0 Å². The van der Waals surface area contributed by atoms with E-state index in [4.69, 9.17) is 10.8 Å². The maximum Gasteiger partial charge on any atom is 0.323 e. The molecular weight excluding hydrogens is 218 g/mol. The number of nitrogens with zero attached hydrogens (tertiary/aromatic N) is 2. The van der Waals surface area contributed by atoms with Crippen LogP contribution < -0.4 is 5.73 Å². The van der Waals surface area contributed by atoms with Crippen LogP contribution in [0.3, 0.4) is 0 Å². The third-order valence-corrected chi connectivity index (χ3v) is 2.97. The summed E-state index contributed by atoms with van der Waals surface area (Å²) in [4.78, 5) is 10.9. The summed E-state index contributed by atoms with van der Waals surface area (Å²) in [7, 11) is 0. The van der Waals surface area contributed by atoms with Crippen molar-refractivity contribution < 1.29 is 9.90 Å². The molecule has 0 aromatic carbocycles. The summed E-state index contributed by atoms with van der Waals surface area (Å²) < 4.78 is 1.87. The molecule has 0 aliphatic heterocycles. The van der Waals surface area contributed by atoms with Gasteiger partial charge >= 0.3 is 5.97 Å². The molecule has 17 heavy (non-hydrogen) atoms. The van der Waals surface area contributed by atoms with Crippen LogP contribution in [0.5, 0.6) is 0 Å². The molecule has 1 unspecified atom stereocenters. The first-order chi connectivity index (χ1) is 7.90. The van der Waals surface area contributed by atoms with E-state index in [1.54, 1.807) is 0 Å². The molecule has 0 bridgehead atoms. The quantitative estimate of drug-likeness (QED) is 0.781. The van der Waals surface area contributed by atoms with Gasteiger partial charge in [-0.2, -0.15) is 5.10 Å². The van der Waals surface area contributed by atoms with Crippen molar-refractivity contribution >= 4 is 5.97 Å². The Balaban J connectivity index is 2.75. The van der Waals surface area contributed by atoms with Crippen molar-refractivity contribution in [2.75, 3.05) is 0 Å². The van der Waals surface area contributed by atoms with Crippen LogP contribution in [0.25, 0.3) is 0 Å². The average Bonchev–Trinajstić information content (AvgIpc) is 2.68. The lowest BCUT2D eigenvalue weighted by Crippen LogP contribution is -2.45. The van der Waals surface area contributed by atoms with Crippen LogP contribution in [-0.4, -0.2) is 26.4 Å². The molecule has 1 heterocycles. The van der Waals surface area contributed by atoms with Gasteiger partial charge in [0.05, 0.1) is 5.69 Å². The summed E-state index contributed by atoms with van der Waals surface area (Å²) in [5.41, 5.74) is 6.67. The minimum atomic E-state index is -1.19. The minimum Gasteiger partial charge on any atom is -0.480 e. The normalized spacial score (nSPS) is 14.6. The number of aromatic nitrogens is 2. The van der Waals surface area contributed by atoms with E-state index >= 15 is 0 Å². The van der Waals surface area contributed by atoms with Crippen molar-refractivity contribution in [1.29, 1.82) is 0 Å². The Morgan fingerprint density at radius 3 is 2.65 bits per heavy atom. The third kappa shape index (κ3) is 3.30. The van der Waals surface area contributed by atoms with Crippen molar-refractivity contribution in [3.05, 3.63) is 17.5 Å². The second-order valence-electron chi connectivity index (χ2n) is 4.53. The number of carbonyl (C=O) groups is 1. The maximum absolute atomic E-state index is 10.9. The number of rotatable bonds is 6. The summed E-state index contributed by atoms with van der Waals surface area (Å²) in [6.45, 7) is 6.19. The lowest BCUT2D eigenvalue weighted by Gasteiger charge is -2.19. The summed E-state index contributed by atoms with van der Waals surface area (Å²) in [6, 6.07) is 2.06. The first-order valence-electron chi connectivity index (χ1n) is 5.98. The third-order valence-electron chi connectivity index (χ3n) is 2.97. The molecule has 3 N–H and O–H groups in total. The minimum absolute atomic E-state index is 0.375. The number of carboxylic acids is 1. The number of hydrogen-bond donors (Lipinski definition) is 2. The van der Waals surface area contributed by atoms with Crippen LogP contribution in [0.15, 0.2) is 6.07 Å². The second-order valence-corrected chi connectivity index (χ2v) is 4.53. The number of hydrogen-bond acceptors (Lipinski definition) is 3. The molecule has 0 aliphatic rings. The smallest absolute Gasteiger partial charge is 0.323 e. The molecule has 1 rings (SSSR count). The van der Waals surface area contributed by atoms with E-state index in [9.17, 15) is 4.79 Å². The van der Waals surface area contributed by atoms with Gasteiger partial charge in [-0.1, -0.05) is 13.8 Å². The van der Waals surface area contributed by atoms with Gasteiger partial charge in [-0.25, -0.2) is 0 Å². The number of aryl methyl sites for hydroxylation is 3. The predicted molar refractivity (Wildman–Crippen MR) is 65.8 cm³/mol. The van der Waals surface area contributed by atoms with Gasteiger partial charge < -0.3 is 10.8 Å². The molecule has 1 aromatic rings. The summed E-state index contributed by atoms with van der Waals surface area (Å²) in [5, 5.41) is 13.4. The lowest BCUT2D eigenvalue weighted by molar-refractivity contribution is -0.143. The highest BCUT2D eigenvalue weighted by Crippen LogP contribution is 2.11. The highest BCUT2D eigenvalue weighted by molar-refractivity contribution is 5.77. The van der Waals surface area contributed by atoms with Gasteiger partial charge in [0.1, 0.15) is 5.54 Å². The topological polar surface area (TPSA) is 81.1 Å². The zero-order chi connectivity index (χ0) is 13.1. The van der Waals surface area contributed by atoms with Gasteiger partial charge in [0.2, 0.25) is 0 Å². The van der Waals surface area contributed by atoms with Gasteiger partial charge in [-0.05, 0) is 32.3 Å². The molecular formula is C12H21N3O2. The largest absolute Gasteiger partial charge is 0.480 e. The number of nitrogens with two attached hydrogens (primary N) is 1. The zero-order valence-electron chi connectivity index (χ0n) is 10.7. The van der Waals surface area contributed by atoms with Crippen LogP contribution in [0.2, 0.25) is 0 Å². The Morgan fingerprint density at radius 1 is 1.53 bits per heavy atom. The van der Waals surface area contributed by atoms with E-state index in [-0.39, 0.29) is 0 Å². The van der Waals surface area contributed by atoms with Crippen LogP contribution in [-0.2, 0) is 24.2 Å². The van der Waals surface area contributed by atoms with Gasteiger partial charge in [0.15, 0.2) is 0 Å². The van der Waals surface area contributed by atoms with E-state index in [0.717, 1.165) is 24.2 Å². The van der Waals surface area contributed by atoms with E-state index < -0.39 is 11.5 Å². The SMILES string of the molecule is CCc1cc(CC)n(CCC(C)(N)C(=O)O)n1. The first-order valence-corrected chi connectivity index (χ1v) is 5.98. The van der Waals surface area contributed by atoms with E-state index in [2.05, 4.69) is 25.0 Å². The number of aliphatic carboxylic acids is 1. The summed E-state index contributed by atoms with van der Waals surface area (Å²) in [5.74, 6) is -0.974. The van der Waals surface area contributed by atoms with Crippen molar-refractivity contribution in [3.63, 3.8) is 0 Å². The molecule has 1 atom stereocenters. The Bertz CT molecular complexity index is 396. The highest BCUT2D eigenvalue weighted by Gasteiger charge is 2.27. The molecule has 5 nitrogen and oxygen atoms in total. The first kappa shape index (κ1) is 13.7. The zero-order valence-corrected chi connectivity index (χ0v) is 10.7. The second kappa shape index (κ2) is 5.31. The van der Waals surface area contributed by atoms with Crippen molar-refractivity contribution in [2.24, 2.45) is 5.73 Å². The standard InChI is InChI=1S/C12H21N3O2/c1-4-9-8-10(5-2)15(14-9)7-6-12(3,13)11(16)17/h8H,4-7,13H2,1-3H3,(H,16,17). The Labute approximate surface area is 102 Å². The monoisotopic (exact) mass is 239 g/mol. The lowest BCUT2D eigenvalue weighted by atomic mass is 10.00. The molecule has 1 aromatic heterocycles. The Morgan fingerprint density at radius 2 is 2.18 bits per heavy atom. The molecule has 0 amide bonds. The van der Waals surface area contributed by atoms with E-state index in [1.165, 1.54) is 6.92 Å². The Kier molecular flexibility index (Phi) is 4.28. The molecule has 0 radical (unpaired) electrons. The fraction of sp³-hybridized carbons (Fsp3) is 0.667.